The molecule has 0 radical (unpaired) electrons. The summed E-state index contributed by atoms with van der Waals surface area (Å²) in [5, 5.41) is 1.15. The summed E-state index contributed by atoms with van der Waals surface area (Å²) in [6.45, 7) is 0. The van der Waals surface area contributed by atoms with Gasteiger partial charge in [-0.25, -0.2) is 8.78 Å². The van der Waals surface area contributed by atoms with E-state index in [0.29, 0.717) is 10.8 Å². The summed E-state index contributed by atoms with van der Waals surface area (Å²) >= 11 is 0. The third-order valence-electron chi connectivity index (χ3n) is 1.52. The van der Waals surface area contributed by atoms with Crippen molar-refractivity contribution in [3.63, 3.8) is 0 Å². The summed E-state index contributed by atoms with van der Waals surface area (Å²) in [7, 11) is 0. The Kier molecular flexibility index (Phi) is 1.18. The molecular weight excluding hydrogens is 150 g/mol. The second kappa shape index (κ2) is 2.05. The molecule has 0 aliphatic carbocycles. The summed E-state index contributed by atoms with van der Waals surface area (Å²) in [5.74, 6) is -1.70. The zero-order chi connectivity index (χ0) is 7.84. The zero-order valence-corrected chi connectivity index (χ0v) is 5.47. The number of fused-ring (bicyclic) bond motifs is 1. The van der Waals surface area contributed by atoms with Gasteiger partial charge < -0.3 is 4.42 Å². The maximum absolute atomic E-state index is 12.5. The minimum absolute atomic E-state index is 0.573. The molecule has 0 aliphatic heterocycles. The molecule has 1 aromatic heterocycles. The predicted molar refractivity (Wildman–Crippen MR) is 36.1 cm³/mol. The SMILES string of the molecule is Fc1cc2cocc2cc1F. The van der Waals surface area contributed by atoms with Crippen molar-refractivity contribution >= 4 is 10.8 Å². The van der Waals surface area contributed by atoms with Crippen LogP contribution in [0.15, 0.2) is 29.1 Å². The molecule has 0 atom stereocenters. The number of benzene rings is 1. The Hall–Kier alpha value is -1.38. The van der Waals surface area contributed by atoms with Crippen LogP contribution in [0.2, 0.25) is 0 Å². The van der Waals surface area contributed by atoms with Crippen molar-refractivity contribution in [2.24, 2.45) is 0 Å². The Balaban J connectivity index is 2.86. The molecule has 0 aliphatic rings. The highest BCUT2D eigenvalue weighted by Gasteiger charge is 2.03. The van der Waals surface area contributed by atoms with Gasteiger partial charge in [0.1, 0.15) is 0 Å². The second-order valence-electron chi connectivity index (χ2n) is 2.27. The van der Waals surface area contributed by atoms with Gasteiger partial charge >= 0.3 is 0 Å². The van der Waals surface area contributed by atoms with Gasteiger partial charge in [-0.15, -0.1) is 0 Å². The average Bonchev–Trinajstić information content (AvgIpc) is 2.36. The van der Waals surface area contributed by atoms with Crippen molar-refractivity contribution in [1.29, 1.82) is 0 Å². The standard InChI is InChI=1S/C8H4F2O/c9-7-1-5-3-11-4-6(5)2-8(7)10/h1-4H. The Morgan fingerprint density at radius 2 is 1.36 bits per heavy atom. The molecule has 0 N–H and O–H groups in total. The number of rotatable bonds is 0. The lowest BCUT2D eigenvalue weighted by Gasteiger charge is -1.90. The van der Waals surface area contributed by atoms with Crippen molar-refractivity contribution in [3.05, 3.63) is 36.3 Å². The summed E-state index contributed by atoms with van der Waals surface area (Å²) in [6.07, 6.45) is 2.75. The summed E-state index contributed by atoms with van der Waals surface area (Å²) in [4.78, 5) is 0. The maximum atomic E-state index is 12.5. The fraction of sp³-hybridized carbons (Fsp3) is 0. The third kappa shape index (κ3) is 0.888. The van der Waals surface area contributed by atoms with Gasteiger partial charge in [0.25, 0.3) is 0 Å². The van der Waals surface area contributed by atoms with Crippen LogP contribution in [0.25, 0.3) is 10.8 Å². The topological polar surface area (TPSA) is 13.1 Å². The first kappa shape index (κ1) is 6.34. The normalized spacial score (nSPS) is 10.7. The maximum Gasteiger partial charge on any atom is 0.159 e. The van der Waals surface area contributed by atoms with Crippen LogP contribution in [0.3, 0.4) is 0 Å². The van der Waals surface area contributed by atoms with Gasteiger partial charge in [0.15, 0.2) is 11.6 Å². The first-order chi connectivity index (χ1) is 5.27. The number of hydrogen-bond acceptors (Lipinski definition) is 1. The molecule has 1 heterocycles. The first-order valence-corrected chi connectivity index (χ1v) is 3.08. The molecule has 0 bridgehead atoms. The van der Waals surface area contributed by atoms with Crippen LogP contribution in [0, 0.1) is 11.6 Å². The van der Waals surface area contributed by atoms with Gasteiger partial charge in [-0.05, 0) is 12.1 Å². The lowest BCUT2D eigenvalue weighted by atomic mass is 10.2. The molecular formula is C8H4F2O. The van der Waals surface area contributed by atoms with E-state index in [4.69, 9.17) is 4.42 Å². The molecule has 0 saturated carbocycles. The molecule has 0 unspecified atom stereocenters. The van der Waals surface area contributed by atoms with Gasteiger partial charge in [-0.3, -0.25) is 0 Å². The highest BCUT2D eigenvalue weighted by molar-refractivity contribution is 5.80. The summed E-state index contributed by atoms with van der Waals surface area (Å²) in [5.41, 5.74) is 0. The van der Waals surface area contributed by atoms with Crippen LogP contribution in [0.1, 0.15) is 0 Å². The monoisotopic (exact) mass is 154 g/mol. The molecule has 0 fully saturated rings. The van der Waals surface area contributed by atoms with E-state index in [2.05, 4.69) is 0 Å². The smallest absolute Gasteiger partial charge is 0.159 e. The molecule has 3 heteroatoms. The van der Waals surface area contributed by atoms with E-state index >= 15 is 0 Å². The van der Waals surface area contributed by atoms with E-state index in [0.717, 1.165) is 12.1 Å². The van der Waals surface area contributed by atoms with Crippen LogP contribution in [-0.4, -0.2) is 0 Å². The number of hydrogen-bond donors (Lipinski definition) is 0. The molecule has 0 amide bonds. The molecule has 1 aromatic carbocycles. The Bertz CT molecular complexity index is 356. The first-order valence-electron chi connectivity index (χ1n) is 3.08. The van der Waals surface area contributed by atoms with Crippen LogP contribution >= 0.6 is 0 Å². The van der Waals surface area contributed by atoms with Gasteiger partial charge in [-0.2, -0.15) is 0 Å². The van der Waals surface area contributed by atoms with Gasteiger partial charge in [-0.1, -0.05) is 0 Å². The minimum atomic E-state index is -0.848. The Morgan fingerprint density at radius 1 is 0.909 bits per heavy atom. The molecule has 1 nitrogen and oxygen atoms in total. The van der Waals surface area contributed by atoms with E-state index in [1.54, 1.807) is 0 Å². The molecule has 2 rings (SSSR count). The number of halogens is 2. The second-order valence-corrected chi connectivity index (χ2v) is 2.27. The highest BCUT2D eigenvalue weighted by Crippen LogP contribution is 2.18. The Labute approximate surface area is 61.2 Å². The summed E-state index contributed by atoms with van der Waals surface area (Å²) in [6, 6.07) is 2.21. The van der Waals surface area contributed by atoms with Crippen LogP contribution in [0.4, 0.5) is 8.78 Å². The molecule has 2 aromatic rings. The average molecular weight is 154 g/mol. The van der Waals surface area contributed by atoms with E-state index < -0.39 is 11.6 Å². The fourth-order valence-electron chi connectivity index (χ4n) is 0.962. The van der Waals surface area contributed by atoms with E-state index in [1.807, 2.05) is 0 Å². The largest absolute Gasteiger partial charge is 0.471 e. The lowest BCUT2D eigenvalue weighted by Crippen LogP contribution is -1.80. The van der Waals surface area contributed by atoms with Crippen molar-refractivity contribution < 1.29 is 13.2 Å². The third-order valence-corrected chi connectivity index (χ3v) is 1.52. The lowest BCUT2D eigenvalue weighted by molar-refractivity contribution is 0.511. The van der Waals surface area contributed by atoms with E-state index in [1.165, 1.54) is 12.5 Å². The van der Waals surface area contributed by atoms with Crippen LogP contribution < -0.4 is 0 Å². The molecule has 56 valence electrons. The fourth-order valence-corrected chi connectivity index (χ4v) is 0.962. The van der Waals surface area contributed by atoms with E-state index in [-0.39, 0.29) is 0 Å². The van der Waals surface area contributed by atoms with E-state index in [9.17, 15) is 8.78 Å². The highest BCUT2D eigenvalue weighted by atomic mass is 19.2. The van der Waals surface area contributed by atoms with Gasteiger partial charge in [0, 0.05) is 10.8 Å². The Morgan fingerprint density at radius 3 is 1.82 bits per heavy atom. The van der Waals surface area contributed by atoms with Crippen molar-refractivity contribution in [3.8, 4) is 0 Å². The predicted octanol–water partition coefficient (Wildman–Crippen LogP) is 2.71. The van der Waals surface area contributed by atoms with Crippen molar-refractivity contribution in [1.82, 2.24) is 0 Å². The van der Waals surface area contributed by atoms with Gasteiger partial charge in [0.05, 0.1) is 12.5 Å². The molecule has 0 spiro atoms. The van der Waals surface area contributed by atoms with Gasteiger partial charge in [0.2, 0.25) is 0 Å². The molecule has 11 heavy (non-hydrogen) atoms. The van der Waals surface area contributed by atoms with Crippen molar-refractivity contribution in [2.45, 2.75) is 0 Å². The van der Waals surface area contributed by atoms with Crippen LogP contribution in [-0.2, 0) is 0 Å². The number of furan rings is 1. The quantitative estimate of drug-likeness (QED) is 0.568. The van der Waals surface area contributed by atoms with Crippen molar-refractivity contribution in [2.75, 3.05) is 0 Å². The molecule has 0 saturated heterocycles. The van der Waals surface area contributed by atoms with Crippen LogP contribution in [0.5, 0.6) is 0 Å². The zero-order valence-electron chi connectivity index (χ0n) is 5.47. The summed E-state index contributed by atoms with van der Waals surface area (Å²) < 4.78 is 29.8. The minimum Gasteiger partial charge on any atom is -0.471 e.